The Morgan fingerprint density at radius 2 is 2.27 bits per heavy atom. The molecule has 2 aromatic heterocycles. The molecule has 0 radical (unpaired) electrons. The fourth-order valence-electron chi connectivity index (χ4n) is 3.46. The number of likely N-dealkylation sites (tertiary alicyclic amines) is 1. The molecular formula is C15H17N5OS. The molecule has 7 heteroatoms. The predicted molar refractivity (Wildman–Crippen MR) is 81.9 cm³/mol. The quantitative estimate of drug-likeness (QED) is 0.846. The van der Waals surface area contributed by atoms with Gasteiger partial charge in [0.05, 0.1) is 0 Å². The highest BCUT2D eigenvalue weighted by Crippen LogP contribution is 2.42. The summed E-state index contributed by atoms with van der Waals surface area (Å²) in [5.41, 5.74) is 2.86. The number of hydrogen-bond donors (Lipinski definition) is 0. The first-order chi connectivity index (χ1) is 10.6. The van der Waals surface area contributed by atoms with E-state index >= 15 is 0 Å². The molecule has 2 unspecified atom stereocenters. The average Bonchev–Trinajstić information content (AvgIpc) is 3.21. The minimum absolute atomic E-state index is 0.00980. The first kappa shape index (κ1) is 13.8. The first-order valence-electron chi connectivity index (χ1n) is 7.55. The van der Waals surface area contributed by atoms with E-state index in [0.29, 0.717) is 23.4 Å². The van der Waals surface area contributed by atoms with Crippen LogP contribution in [0.3, 0.4) is 0 Å². The van der Waals surface area contributed by atoms with Gasteiger partial charge in [-0.3, -0.25) is 4.79 Å². The highest BCUT2D eigenvalue weighted by Gasteiger charge is 2.43. The Balaban J connectivity index is 1.56. The van der Waals surface area contributed by atoms with Gasteiger partial charge in [-0.2, -0.15) is 0 Å². The van der Waals surface area contributed by atoms with Crippen molar-refractivity contribution >= 4 is 17.4 Å². The SMILES string of the molecule is CC(C)c1ncc2c(n1)CC1CN(C(=O)c3csnn3)CC21. The van der Waals surface area contributed by atoms with Crippen molar-refractivity contribution in [2.75, 3.05) is 13.1 Å². The van der Waals surface area contributed by atoms with E-state index in [0.717, 1.165) is 25.3 Å². The van der Waals surface area contributed by atoms with Crippen molar-refractivity contribution in [3.8, 4) is 0 Å². The lowest BCUT2D eigenvalue weighted by Crippen LogP contribution is -2.30. The van der Waals surface area contributed by atoms with E-state index in [-0.39, 0.29) is 5.91 Å². The number of aromatic nitrogens is 4. The molecule has 1 aliphatic carbocycles. The molecule has 2 atom stereocenters. The summed E-state index contributed by atoms with van der Waals surface area (Å²) in [5, 5.41) is 5.59. The van der Waals surface area contributed by atoms with Gasteiger partial charge >= 0.3 is 0 Å². The van der Waals surface area contributed by atoms with Gasteiger partial charge in [0.1, 0.15) is 5.82 Å². The van der Waals surface area contributed by atoms with Crippen molar-refractivity contribution in [3.63, 3.8) is 0 Å². The number of carbonyl (C=O) groups excluding carboxylic acids is 1. The first-order valence-corrected chi connectivity index (χ1v) is 8.39. The molecule has 4 rings (SSSR count). The third-order valence-corrected chi connectivity index (χ3v) is 5.10. The number of hydrogen-bond acceptors (Lipinski definition) is 6. The summed E-state index contributed by atoms with van der Waals surface area (Å²) < 4.78 is 3.77. The van der Waals surface area contributed by atoms with E-state index in [1.165, 1.54) is 22.8 Å². The zero-order valence-corrected chi connectivity index (χ0v) is 13.4. The van der Waals surface area contributed by atoms with Gasteiger partial charge in [0.15, 0.2) is 5.69 Å². The van der Waals surface area contributed by atoms with E-state index in [2.05, 4.69) is 28.4 Å². The van der Waals surface area contributed by atoms with E-state index in [1.54, 1.807) is 5.38 Å². The van der Waals surface area contributed by atoms with Crippen LogP contribution >= 0.6 is 11.5 Å². The van der Waals surface area contributed by atoms with Crippen molar-refractivity contribution in [2.24, 2.45) is 5.92 Å². The Kier molecular flexibility index (Phi) is 3.18. The van der Waals surface area contributed by atoms with Crippen LogP contribution in [0.4, 0.5) is 0 Å². The second-order valence-corrected chi connectivity index (χ2v) is 6.97. The van der Waals surface area contributed by atoms with Gasteiger partial charge < -0.3 is 4.90 Å². The standard InChI is InChI=1S/C15H17N5OS/c1-8(2)14-16-4-10-11-6-20(5-9(11)3-12(10)17-14)15(21)13-7-22-19-18-13/h4,7-9,11H,3,5-6H2,1-2H3. The summed E-state index contributed by atoms with van der Waals surface area (Å²) >= 11 is 1.21. The maximum atomic E-state index is 12.4. The Bertz CT molecular complexity index is 715. The molecule has 0 saturated carbocycles. The van der Waals surface area contributed by atoms with Gasteiger partial charge in [-0.25, -0.2) is 9.97 Å². The Morgan fingerprint density at radius 1 is 1.41 bits per heavy atom. The van der Waals surface area contributed by atoms with Gasteiger partial charge in [-0.15, -0.1) is 5.10 Å². The minimum atomic E-state index is -0.00980. The number of fused-ring (bicyclic) bond motifs is 3. The Labute approximate surface area is 132 Å². The molecule has 22 heavy (non-hydrogen) atoms. The van der Waals surface area contributed by atoms with Crippen LogP contribution in [0.25, 0.3) is 0 Å². The highest BCUT2D eigenvalue weighted by molar-refractivity contribution is 7.03. The second kappa shape index (κ2) is 5.08. The third-order valence-electron chi connectivity index (χ3n) is 4.60. The summed E-state index contributed by atoms with van der Waals surface area (Å²) in [4.78, 5) is 23.5. The summed E-state index contributed by atoms with van der Waals surface area (Å²) in [6.07, 6.45) is 2.92. The largest absolute Gasteiger partial charge is 0.336 e. The lowest BCUT2D eigenvalue weighted by Gasteiger charge is -2.16. The van der Waals surface area contributed by atoms with Crippen LogP contribution in [-0.2, 0) is 6.42 Å². The maximum Gasteiger partial charge on any atom is 0.275 e. The molecule has 1 aliphatic heterocycles. The molecule has 0 bridgehead atoms. The molecule has 1 fully saturated rings. The fraction of sp³-hybridized carbons (Fsp3) is 0.533. The van der Waals surface area contributed by atoms with E-state index in [4.69, 9.17) is 4.98 Å². The predicted octanol–water partition coefficient (Wildman–Crippen LogP) is 1.86. The summed E-state index contributed by atoms with van der Waals surface area (Å²) in [7, 11) is 0. The van der Waals surface area contributed by atoms with Crippen LogP contribution in [0.1, 0.15) is 53.3 Å². The molecule has 0 aromatic carbocycles. The van der Waals surface area contributed by atoms with Crippen molar-refractivity contribution in [3.05, 3.63) is 34.4 Å². The highest BCUT2D eigenvalue weighted by atomic mass is 32.1. The molecule has 6 nitrogen and oxygen atoms in total. The number of carbonyl (C=O) groups is 1. The van der Waals surface area contributed by atoms with Crippen LogP contribution in [0.2, 0.25) is 0 Å². The molecule has 0 N–H and O–H groups in total. The van der Waals surface area contributed by atoms with Crippen molar-refractivity contribution < 1.29 is 4.79 Å². The molecule has 0 spiro atoms. The summed E-state index contributed by atoms with van der Waals surface area (Å²) in [6, 6.07) is 0. The lowest BCUT2D eigenvalue weighted by atomic mass is 9.97. The number of nitrogens with zero attached hydrogens (tertiary/aromatic N) is 5. The van der Waals surface area contributed by atoms with Gasteiger partial charge in [0.25, 0.3) is 5.91 Å². The van der Waals surface area contributed by atoms with Gasteiger partial charge in [0.2, 0.25) is 0 Å². The van der Waals surface area contributed by atoms with Crippen LogP contribution in [-0.4, -0.2) is 43.5 Å². The molecule has 2 aliphatic rings. The lowest BCUT2D eigenvalue weighted by molar-refractivity contribution is 0.0779. The molecule has 114 valence electrons. The van der Waals surface area contributed by atoms with Crippen molar-refractivity contribution in [2.45, 2.75) is 32.1 Å². The third kappa shape index (κ3) is 2.11. The maximum absolute atomic E-state index is 12.4. The monoisotopic (exact) mass is 315 g/mol. The molecule has 2 aromatic rings. The Hall–Kier alpha value is -1.89. The van der Waals surface area contributed by atoms with Crippen molar-refractivity contribution in [1.29, 1.82) is 0 Å². The van der Waals surface area contributed by atoms with Crippen LogP contribution < -0.4 is 0 Å². The van der Waals surface area contributed by atoms with Crippen LogP contribution in [0, 0.1) is 5.92 Å². The second-order valence-electron chi connectivity index (χ2n) is 6.36. The molecular weight excluding hydrogens is 298 g/mol. The van der Waals surface area contributed by atoms with Gasteiger partial charge in [-0.05, 0) is 29.4 Å². The molecule has 3 heterocycles. The van der Waals surface area contributed by atoms with Crippen LogP contribution in [0.15, 0.2) is 11.6 Å². The zero-order valence-electron chi connectivity index (χ0n) is 12.6. The normalized spacial score (nSPS) is 23.0. The molecule has 1 saturated heterocycles. The Morgan fingerprint density at radius 3 is 3.00 bits per heavy atom. The van der Waals surface area contributed by atoms with Gasteiger partial charge in [-0.1, -0.05) is 18.3 Å². The average molecular weight is 315 g/mol. The molecule has 1 amide bonds. The topological polar surface area (TPSA) is 71.9 Å². The number of amides is 1. The van der Waals surface area contributed by atoms with Crippen molar-refractivity contribution in [1.82, 2.24) is 24.5 Å². The zero-order chi connectivity index (χ0) is 15.3. The summed E-state index contributed by atoms with van der Waals surface area (Å²) in [5.74, 6) is 2.08. The minimum Gasteiger partial charge on any atom is -0.336 e. The number of rotatable bonds is 2. The van der Waals surface area contributed by atoms with E-state index in [1.807, 2.05) is 11.1 Å². The van der Waals surface area contributed by atoms with E-state index < -0.39 is 0 Å². The van der Waals surface area contributed by atoms with Crippen LogP contribution in [0.5, 0.6) is 0 Å². The summed E-state index contributed by atoms with van der Waals surface area (Å²) in [6.45, 7) is 5.73. The van der Waals surface area contributed by atoms with E-state index in [9.17, 15) is 4.79 Å². The van der Waals surface area contributed by atoms with Gasteiger partial charge in [0, 0.05) is 42.2 Å². The smallest absolute Gasteiger partial charge is 0.275 e. The fourth-order valence-corrected chi connectivity index (χ4v) is 3.89.